The van der Waals surface area contributed by atoms with E-state index in [2.05, 4.69) is 21.0 Å². The maximum atomic E-state index is 11.8. The van der Waals surface area contributed by atoms with Crippen LogP contribution in [-0.4, -0.2) is 41.5 Å². The van der Waals surface area contributed by atoms with Gasteiger partial charge >= 0.3 is 11.9 Å². The van der Waals surface area contributed by atoms with Crippen LogP contribution in [0.5, 0.6) is 0 Å². The van der Waals surface area contributed by atoms with Gasteiger partial charge in [-0.15, -0.1) is 0 Å². The average molecular weight is 334 g/mol. The Balaban J connectivity index is 3.19. The van der Waals surface area contributed by atoms with Crippen LogP contribution in [0, 0.1) is 0 Å². The smallest absolute Gasteiger partial charge is 0.360 e. The summed E-state index contributed by atoms with van der Waals surface area (Å²) in [4.78, 5) is 23.6. The van der Waals surface area contributed by atoms with Crippen molar-refractivity contribution >= 4 is 27.9 Å². The maximum Gasteiger partial charge on any atom is 0.360 e. The highest BCUT2D eigenvalue weighted by Gasteiger charge is 2.27. The third-order valence-corrected chi connectivity index (χ3v) is 2.92. The van der Waals surface area contributed by atoms with E-state index in [0.717, 1.165) is 0 Å². The van der Waals surface area contributed by atoms with Crippen LogP contribution in [0.4, 0.5) is 0 Å². The third-order valence-electron chi connectivity index (χ3n) is 2.17. The SMILES string of the molecule is CCOC(=O)c1nn(CCN)c(C(=O)OCC)c1Br. The van der Waals surface area contributed by atoms with Gasteiger partial charge in [0, 0.05) is 6.54 Å². The molecule has 0 saturated heterocycles. The molecule has 106 valence electrons. The number of esters is 2. The first-order valence-electron chi connectivity index (χ1n) is 5.87. The Labute approximate surface area is 119 Å². The van der Waals surface area contributed by atoms with Crippen LogP contribution in [0.25, 0.3) is 0 Å². The minimum Gasteiger partial charge on any atom is -0.461 e. The first-order chi connectivity index (χ1) is 9.06. The van der Waals surface area contributed by atoms with Crippen LogP contribution in [0.2, 0.25) is 0 Å². The second-order valence-corrected chi connectivity index (χ2v) is 4.26. The predicted octanol–water partition coefficient (Wildman–Crippen LogP) is 0.958. The molecule has 0 aliphatic rings. The van der Waals surface area contributed by atoms with E-state index in [1.54, 1.807) is 13.8 Å². The molecular formula is C11H16BrN3O4. The van der Waals surface area contributed by atoms with E-state index in [0.29, 0.717) is 6.54 Å². The molecule has 0 saturated carbocycles. The fourth-order valence-electron chi connectivity index (χ4n) is 1.45. The highest BCUT2D eigenvalue weighted by molar-refractivity contribution is 9.10. The zero-order chi connectivity index (χ0) is 14.4. The molecule has 1 aromatic heterocycles. The molecule has 0 aromatic carbocycles. The zero-order valence-corrected chi connectivity index (χ0v) is 12.4. The quantitative estimate of drug-likeness (QED) is 0.779. The largest absolute Gasteiger partial charge is 0.461 e. The average Bonchev–Trinajstić information content (AvgIpc) is 2.67. The molecule has 1 aromatic rings. The molecule has 1 heterocycles. The standard InChI is InChI=1S/C11H16BrN3O4/c1-3-18-10(16)8-7(12)9(11(17)19-4-2)15(14-8)6-5-13/h3-6,13H2,1-2H3. The molecule has 0 atom stereocenters. The van der Waals surface area contributed by atoms with Crippen molar-refractivity contribution in [3.8, 4) is 0 Å². The Kier molecular flexibility index (Phi) is 5.97. The van der Waals surface area contributed by atoms with Crippen LogP contribution in [0.3, 0.4) is 0 Å². The number of carbonyl (C=O) groups excluding carboxylic acids is 2. The first kappa shape index (κ1) is 15.6. The number of nitrogens with zero attached hydrogens (tertiary/aromatic N) is 2. The molecule has 0 unspecified atom stereocenters. The minimum absolute atomic E-state index is 0.0401. The summed E-state index contributed by atoms with van der Waals surface area (Å²) in [5.41, 5.74) is 5.66. The summed E-state index contributed by atoms with van der Waals surface area (Å²) in [7, 11) is 0. The van der Waals surface area contributed by atoms with Gasteiger partial charge in [-0.3, -0.25) is 4.68 Å². The topological polar surface area (TPSA) is 96.4 Å². The van der Waals surface area contributed by atoms with E-state index < -0.39 is 11.9 Å². The number of rotatable bonds is 6. The summed E-state index contributed by atoms with van der Waals surface area (Å²) in [5, 5.41) is 4.04. The van der Waals surface area contributed by atoms with Gasteiger partial charge in [0.05, 0.1) is 24.2 Å². The van der Waals surface area contributed by atoms with Crippen LogP contribution < -0.4 is 5.73 Å². The lowest BCUT2D eigenvalue weighted by atomic mass is 10.3. The molecule has 0 radical (unpaired) electrons. The van der Waals surface area contributed by atoms with Crippen LogP contribution in [0.15, 0.2) is 4.47 Å². The Morgan fingerprint density at radius 3 is 2.37 bits per heavy atom. The van der Waals surface area contributed by atoms with E-state index in [-0.39, 0.29) is 35.6 Å². The number of hydrogen-bond donors (Lipinski definition) is 1. The number of nitrogens with two attached hydrogens (primary N) is 1. The summed E-state index contributed by atoms with van der Waals surface area (Å²) in [6, 6.07) is 0. The number of halogens is 1. The van der Waals surface area contributed by atoms with Crippen molar-refractivity contribution in [1.82, 2.24) is 9.78 Å². The maximum absolute atomic E-state index is 11.8. The van der Waals surface area contributed by atoms with Crippen molar-refractivity contribution in [1.29, 1.82) is 0 Å². The van der Waals surface area contributed by atoms with Crippen molar-refractivity contribution in [2.75, 3.05) is 19.8 Å². The highest BCUT2D eigenvalue weighted by Crippen LogP contribution is 2.23. The molecule has 1 rings (SSSR count). The van der Waals surface area contributed by atoms with E-state index >= 15 is 0 Å². The zero-order valence-electron chi connectivity index (χ0n) is 10.8. The van der Waals surface area contributed by atoms with Gasteiger partial charge in [0.1, 0.15) is 0 Å². The van der Waals surface area contributed by atoms with Crippen molar-refractivity contribution in [2.24, 2.45) is 5.73 Å². The van der Waals surface area contributed by atoms with E-state index in [9.17, 15) is 9.59 Å². The predicted molar refractivity (Wildman–Crippen MR) is 70.9 cm³/mol. The van der Waals surface area contributed by atoms with Crippen LogP contribution >= 0.6 is 15.9 Å². The number of carbonyl (C=O) groups is 2. The Morgan fingerprint density at radius 2 is 1.84 bits per heavy atom. The second kappa shape index (κ2) is 7.25. The molecule has 7 nitrogen and oxygen atoms in total. The molecule has 19 heavy (non-hydrogen) atoms. The van der Waals surface area contributed by atoms with Crippen molar-refractivity contribution in [3.63, 3.8) is 0 Å². The van der Waals surface area contributed by atoms with Gasteiger partial charge < -0.3 is 15.2 Å². The molecule has 8 heteroatoms. The first-order valence-corrected chi connectivity index (χ1v) is 6.66. The highest BCUT2D eigenvalue weighted by atomic mass is 79.9. The second-order valence-electron chi connectivity index (χ2n) is 3.46. The van der Waals surface area contributed by atoms with E-state index in [1.807, 2.05) is 0 Å². The molecule has 2 N–H and O–H groups in total. The lowest BCUT2D eigenvalue weighted by Gasteiger charge is -2.05. The summed E-state index contributed by atoms with van der Waals surface area (Å²) >= 11 is 3.19. The van der Waals surface area contributed by atoms with Gasteiger partial charge in [0.15, 0.2) is 11.4 Å². The Bertz CT molecular complexity index is 473. The number of aromatic nitrogens is 2. The summed E-state index contributed by atoms with van der Waals surface area (Å²) < 4.78 is 11.4. The fraction of sp³-hybridized carbons (Fsp3) is 0.545. The van der Waals surface area contributed by atoms with Crippen molar-refractivity contribution < 1.29 is 19.1 Å². The summed E-state index contributed by atoms with van der Waals surface area (Å²) in [5.74, 6) is -1.17. The summed E-state index contributed by atoms with van der Waals surface area (Å²) in [6.07, 6.45) is 0. The van der Waals surface area contributed by atoms with Gasteiger partial charge in [-0.05, 0) is 29.8 Å². The van der Waals surface area contributed by atoms with Gasteiger partial charge in [-0.1, -0.05) is 0 Å². The normalized spacial score (nSPS) is 10.3. The van der Waals surface area contributed by atoms with Crippen molar-refractivity contribution in [2.45, 2.75) is 20.4 Å². The molecule has 0 spiro atoms. The van der Waals surface area contributed by atoms with Gasteiger partial charge in [-0.2, -0.15) is 5.10 Å². The molecule has 0 aliphatic heterocycles. The Hall–Kier alpha value is -1.41. The van der Waals surface area contributed by atoms with Crippen molar-refractivity contribution in [3.05, 3.63) is 15.9 Å². The summed E-state index contributed by atoms with van der Waals surface area (Å²) in [6.45, 7) is 4.42. The molecule has 0 aliphatic carbocycles. The monoisotopic (exact) mass is 333 g/mol. The fourth-order valence-corrected chi connectivity index (χ4v) is 2.06. The van der Waals surface area contributed by atoms with Gasteiger partial charge in [0.2, 0.25) is 0 Å². The molecular weight excluding hydrogens is 318 g/mol. The lowest BCUT2D eigenvalue weighted by Crippen LogP contribution is -2.18. The third kappa shape index (κ3) is 3.54. The van der Waals surface area contributed by atoms with E-state index in [1.165, 1.54) is 4.68 Å². The van der Waals surface area contributed by atoms with Crippen LogP contribution in [0.1, 0.15) is 34.8 Å². The van der Waals surface area contributed by atoms with Crippen LogP contribution in [-0.2, 0) is 16.0 Å². The molecule has 0 amide bonds. The minimum atomic E-state index is -0.601. The van der Waals surface area contributed by atoms with Gasteiger partial charge in [0.25, 0.3) is 0 Å². The number of ether oxygens (including phenoxy) is 2. The molecule has 0 fully saturated rings. The lowest BCUT2D eigenvalue weighted by molar-refractivity contribution is 0.0506. The molecule has 0 bridgehead atoms. The van der Waals surface area contributed by atoms with E-state index in [4.69, 9.17) is 15.2 Å². The number of hydrogen-bond acceptors (Lipinski definition) is 6. The van der Waals surface area contributed by atoms with Gasteiger partial charge in [-0.25, -0.2) is 9.59 Å². The Morgan fingerprint density at radius 1 is 1.26 bits per heavy atom.